The van der Waals surface area contributed by atoms with E-state index in [1.54, 1.807) is 0 Å². The molecular formula is C34H50N6O. The Kier molecular flexibility index (Phi) is 9.17. The van der Waals surface area contributed by atoms with Gasteiger partial charge in [-0.05, 0) is 84.3 Å². The summed E-state index contributed by atoms with van der Waals surface area (Å²) in [6.45, 7) is 13.3. The molecule has 0 saturated carbocycles. The Morgan fingerprint density at radius 2 is 1.71 bits per heavy atom. The predicted octanol–water partition coefficient (Wildman–Crippen LogP) is 5.08. The molecule has 0 aliphatic carbocycles. The minimum atomic E-state index is 0.0930. The number of aromatic nitrogens is 2. The van der Waals surface area contributed by atoms with Gasteiger partial charge >= 0.3 is 0 Å². The van der Waals surface area contributed by atoms with Gasteiger partial charge in [0.25, 0.3) is 5.56 Å². The molecule has 2 aliphatic heterocycles. The number of nitrogens with zero attached hydrogens (tertiary/aromatic N) is 5. The molecule has 1 N–H and O–H groups in total. The maximum atomic E-state index is 14.0. The van der Waals surface area contributed by atoms with Gasteiger partial charge in [-0.25, -0.2) is 4.98 Å². The van der Waals surface area contributed by atoms with Crippen molar-refractivity contribution in [2.45, 2.75) is 90.0 Å². The fourth-order valence-electron chi connectivity index (χ4n) is 7.29. The van der Waals surface area contributed by atoms with E-state index < -0.39 is 0 Å². The zero-order chi connectivity index (χ0) is 29.1. The average molecular weight is 559 g/mol. The molecule has 5 rings (SSSR count). The number of benzene rings is 2. The summed E-state index contributed by atoms with van der Waals surface area (Å²) < 4.78 is 1.94. The molecule has 3 atom stereocenters. The van der Waals surface area contributed by atoms with Crippen molar-refractivity contribution >= 4 is 16.6 Å². The number of fused-ring (bicyclic) bond motifs is 1. The van der Waals surface area contributed by atoms with Crippen molar-refractivity contribution < 1.29 is 0 Å². The van der Waals surface area contributed by atoms with Crippen molar-refractivity contribution in [2.75, 3.05) is 45.2 Å². The lowest BCUT2D eigenvalue weighted by Gasteiger charge is -2.47. The van der Waals surface area contributed by atoms with E-state index >= 15 is 0 Å². The van der Waals surface area contributed by atoms with Crippen LogP contribution < -0.4 is 15.8 Å². The molecule has 7 nitrogen and oxygen atoms in total. The Hall–Kier alpha value is -2.74. The summed E-state index contributed by atoms with van der Waals surface area (Å²) in [6.07, 6.45) is 5.29. The van der Waals surface area contributed by atoms with Crippen LogP contribution in [-0.2, 0) is 13.0 Å². The Labute approximate surface area is 246 Å². The molecule has 0 amide bonds. The first-order valence-corrected chi connectivity index (χ1v) is 15.8. The van der Waals surface area contributed by atoms with Crippen molar-refractivity contribution in [1.29, 1.82) is 0 Å². The van der Waals surface area contributed by atoms with Gasteiger partial charge in [-0.2, -0.15) is 0 Å². The normalized spacial score (nSPS) is 22.4. The Morgan fingerprint density at radius 1 is 1.02 bits per heavy atom. The summed E-state index contributed by atoms with van der Waals surface area (Å²) in [5.74, 6) is 0.926. The van der Waals surface area contributed by atoms with Gasteiger partial charge in [0.2, 0.25) is 0 Å². The first-order valence-electron chi connectivity index (χ1n) is 15.8. The molecule has 2 fully saturated rings. The van der Waals surface area contributed by atoms with Gasteiger partial charge in [0.15, 0.2) is 0 Å². The Balaban J connectivity index is 1.42. The second kappa shape index (κ2) is 12.6. The zero-order valence-electron chi connectivity index (χ0n) is 26.1. The lowest BCUT2D eigenvalue weighted by Crippen LogP contribution is -2.55. The molecular weight excluding hydrogens is 508 g/mol. The number of rotatable bonds is 9. The Bertz CT molecular complexity index is 1350. The van der Waals surface area contributed by atoms with E-state index in [1.807, 2.05) is 4.57 Å². The minimum absolute atomic E-state index is 0.0930. The number of hydrogen-bond donors (Lipinski definition) is 1. The van der Waals surface area contributed by atoms with Crippen molar-refractivity contribution in [3.8, 4) is 0 Å². The molecule has 2 aromatic carbocycles. The minimum Gasteiger partial charge on any atom is -0.371 e. The summed E-state index contributed by atoms with van der Waals surface area (Å²) in [4.78, 5) is 26.6. The van der Waals surface area contributed by atoms with Gasteiger partial charge in [0.05, 0.1) is 16.9 Å². The fourth-order valence-corrected chi connectivity index (χ4v) is 7.29. The van der Waals surface area contributed by atoms with Gasteiger partial charge in [-0.1, -0.05) is 43.7 Å². The van der Waals surface area contributed by atoms with E-state index in [-0.39, 0.29) is 17.1 Å². The van der Waals surface area contributed by atoms with Crippen LogP contribution >= 0.6 is 0 Å². The summed E-state index contributed by atoms with van der Waals surface area (Å²) in [7, 11) is 4.44. The predicted molar refractivity (Wildman–Crippen MR) is 171 cm³/mol. The summed E-state index contributed by atoms with van der Waals surface area (Å²) in [6, 6.07) is 18.2. The van der Waals surface area contributed by atoms with Crippen LogP contribution in [0.2, 0.25) is 0 Å². The number of piperidine rings is 1. The second-order valence-electron chi connectivity index (χ2n) is 12.7. The molecule has 7 heteroatoms. The van der Waals surface area contributed by atoms with Crippen LogP contribution in [0.15, 0.2) is 53.3 Å². The highest BCUT2D eigenvalue weighted by molar-refractivity contribution is 5.82. The van der Waals surface area contributed by atoms with E-state index in [2.05, 4.69) is 110 Å². The third-order valence-electron chi connectivity index (χ3n) is 9.55. The fraction of sp³-hybridized carbons (Fsp3) is 0.588. The van der Waals surface area contributed by atoms with Crippen LogP contribution in [0.4, 0.5) is 5.69 Å². The third-order valence-corrected chi connectivity index (χ3v) is 9.55. The molecule has 0 spiro atoms. The van der Waals surface area contributed by atoms with Crippen molar-refractivity contribution in [3.05, 3.63) is 70.3 Å². The first kappa shape index (κ1) is 29.7. The number of hydrogen-bond acceptors (Lipinski definition) is 6. The molecule has 3 heterocycles. The quantitative estimate of drug-likeness (QED) is 0.395. The summed E-state index contributed by atoms with van der Waals surface area (Å²) in [5.41, 5.74) is 3.59. The molecule has 2 aliphatic rings. The maximum Gasteiger partial charge on any atom is 0.261 e. The number of anilines is 1. The lowest BCUT2D eigenvalue weighted by atomic mass is 9.80. The molecule has 0 bridgehead atoms. The largest absolute Gasteiger partial charge is 0.371 e. The highest BCUT2D eigenvalue weighted by atomic mass is 16.1. The smallest absolute Gasteiger partial charge is 0.261 e. The number of nitrogens with one attached hydrogen (secondary N) is 1. The lowest BCUT2D eigenvalue weighted by molar-refractivity contribution is 0.109. The molecule has 41 heavy (non-hydrogen) atoms. The van der Waals surface area contributed by atoms with Gasteiger partial charge in [-0.3, -0.25) is 14.3 Å². The van der Waals surface area contributed by atoms with E-state index in [0.717, 1.165) is 80.7 Å². The number of piperazine rings is 1. The van der Waals surface area contributed by atoms with Gasteiger partial charge in [-0.15, -0.1) is 0 Å². The van der Waals surface area contributed by atoms with Crippen LogP contribution in [0.5, 0.6) is 0 Å². The van der Waals surface area contributed by atoms with E-state index in [9.17, 15) is 4.79 Å². The monoisotopic (exact) mass is 558 g/mol. The SMILES string of the molecule is CCCC(c1nc2ccc(N3CCC(Cc4ccccc4)(N(C)C)CC3)cc2c(=O)n1CC)N1C[C@@H](C)N[C@@H](C)C1. The van der Waals surface area contributed by atoms with Crippen LogP contribution in [-0.4, -0.2) is 77.2 Å². The van der Waals surface area contributed by atoms with Crippen LogP contribution in [0.3, 0.4) is 0 Å². The summed E-state index contributed by atoms with van der Waals surface area (Å²) in [5, 5.41) is 4.39. The molecule has 1 aromatic heterocycles. The molecule has 222 valence electrons. The summed E-state index contributed by atoms with van der Waals surface area (Å²) >= 11 is 0. The standard InChI is InChI=1S/C34H50N6O/c1-7-12-31(39-23-25(3)35-26(4)24-39)32-36-30-16-15-28(21-29(30)33(41)40(32)8-2)38-19-17-34(18-20-38,37(5)6)22-27-13-10-9-11-14-27/h9-11,13-16,21,25-26,31,35H,7-8,12,17-20,22-24H2,1-6H3/t25-,26+,31?. The van der Waals surface area contributed by atoms with Gasteiger partial charge in [0, 0.05) is 56.0 Å². The molecule has 1 unspecified atom stereocenters. The van der Waals surface area contributed by atoms with Crippen molar-refractivity contribution in [2.24, 2.45) is 0 Å². The van der Waals surface area contributed by atoms with E-state index in [1.165, 1.54) is 5.56 Å². The van der Waals surface area contributed by atoms with Crippen LogP contribution in [0.1, 0.15) is 70.8 Å². The van der Waals surface area contributed by atoms with Crippen molar-refractivity contribution in [1.82, 2.24) is 24.7 Å². The van der Waals surface area contributed by atoms with Gasteiger partial charge in [0.1, 0.15) is 5.82 Å². The van der Waals surface area contributed by atoms with Gasteiger partial charge < -0.3 is 15.1 Å². The first-order chi connectivity index (χ1) is 19.7. The van der Waals surface area contributed by atoms with Crippen LogP contribution in [0, 0.1) is 0 Å². The molecule has 3 aromatic rings. The third kappa shape index (κ3) is 6.23. The van der Waals surface area contributed by atoms with E-state index in [0.29, 0.717) is 18.6 Å². The number of likely N-dealkylation sites (N-methyl/N-ethyl adjacent to an activating group) is 1. The highest BCUT2D eigenvalue weighted by Crippen LogP contribution is 2.34. The maximum absolute atomic E-state index is 14.0. The van der Waals surface area contributed by atoms with Crippen LogP contribution in [0.25, 0.3) is 10.9 Å². The Morgan fingerprint density at radius 3 is 2.32 bits per heavy atom. The molecule has 0 radical (unpaired) electrons. The average Bonchev–Trinajstić information content (AvgIpc) is 2.96. The second-order valence-corrected chi connectivity index (χ2v) is 12.7. The topological polar surface area (TPSA) is 56.6 Å². The molecule has 2 saturated heterocycles. The van der Waals surface area contributed by atoms with E-state index in [4.69, 9.17) is 4.98 Å². The van der Waals surface area contributed by atoms with Crippen molar-refractivity contribution in [3.63, 3.8) is 0 Å². The highest BCUT2D eigenvalue weighted by Gasteiger charge is 2.37. The zero-order valence-corrected chi connectivity index (χ0v) is 26.1.